The number of rotatable bonds is 3. The van der Waals surface area contributed by atoms with Gasteiger partial charge in [-0.1, -0.05) is 37.2 Å². The summed E-state index contributed by atoms with van der Waals surface area (Å²) in [7, 11) is 0. The number of aromatic nitrogens is 1. The van der Waals surface area contributed by atoms with Crippen molar-refractivity contribution in [3.63, 3.8) is 0 Å². The standard InChI is InChI=1S/C13H13NO3/c1-8(2)9-4-3-5-10(6-9)12-7-11(13(15)16)14-17-12/h3-8H,1-2H3,(H,15,16). The van der Waals surface area contributed by atoms with Gasteiger partial charge in [0.05, 0.1) is 0 Å². The Hall–Kier alpha value is -2.10. The van der Waals surface area contributed by atoms with E-state index in [2.05, 4.69) is 19.0 Å². The van der Waals surface area contributed by atoms with Crippen LogP contribution in [0.2, 0.25) is 0 Å². The molecule has 1 heterocycles. The summed E-state index contributed by atoms with van der Waals surface area (Å²) in [6.45, 7) is 4.20. The van der Waals surface area contributed by atoms with Gasteiger partial charge in [0, 0.05) is 11.6 Å². The zero-order valence-electron chi connectivity index (χ0n) is 9.68. The SMILES string of the molecule is CC(C)c1cccc(-c2cc(C(=O)O)no2)c1. The summed E-state index contributed by atoms with van der Waals surface area (Å²) in [5.41, 5.74) is 1.95. The topological polar surface area (TPSA) is 63.3 Å². The molecule has 0 spiro atoms. The van der Waals surface area contributed by atoms with Crippen LogP contribution in [0.4, 0.5) is 0 Å². The van der Waals surface area contributed by atoms with E-state index in [1.165, 1.54) is 11.6 Å². The first-order valence-corrected chi connectivity index (χ1v) is 5.38. The van der Waals surface area contributed by atoms with E-state index in [9.17, 15) is 4.79 Å². The molecule has 1 aromatic heterocycles. The number of hydrogen-bond donors (Lipinski definition) is 1. The van der Waals surface area contributed by atoms with E-state index in [0.717, 1.165) is 5.56 Å². The van der Waals surface area contributed by atoms with Crippen LogP contribution >= 0.6 is 0 Å². The lowest BCUT2D eigenvalue weighted by Gasteiger charge is -2.05. The second kappa shape index (κ2) is 4.41. The van der Waals surface area contributed by atoms with Crippen molar-refractivity contribution < 1.29 is 14.4 Å². The normalized spacial score (nSPS) is 10.8. The predicted octanol–water partition coefficient (Wildman–Crippen LogP) is 3.16. The van der Waals surface area contributed by atoms with Gasteiger partial charge in [0.15, 0.2) is 11.5 Å². The number of nitrogens with zero attached hydrogens (tertiary/aromatic N) is 1. The molecular weight excluding hydrogens is 218 g/mol. The Labute approximate surface area is 98.9 Å². The summed E-state index contributed by atoms with van der Waals surface area (Å²) < 4.78 is 5.02. The third-order valence-corrected chi connectivity index (χ3v) is 2.57. The monoisotopic (exact) mass is 231 g/mol. The van der Waals surface area contributed by atoms with Gasteiger partial charge in [-0.05, 0) is 17.5 Å². The van der Waals surface area contributed by atoms with Gasteiger partial charge in [0.25, 0.3) is 0 Å². The molecule has 0 radical (unpaired) electrons. The second-order valence-electron chi connectivity index (χ2n) is 4.16. The molecule has 88 valence electrons. The van der Waals surface area contributed by atoms with Crippen LogP contribution in [-0.2, 0) is 0 Å². The van der Waals surface area contributed by atoms with Crippen molar-refractivity contribution in [3.8, 4) is 11.3 Å². The van der Waals surface area contributed by atoms with Crippen LogP contribution < -0.4 is 0 Å². The van der Waals surface area contributed by atoms with Crippen molar-refractivity contribution in [2.45, 2.75) is 19.8 Å². The summed E-state index contributed by atoms with van der Waals surface area (Å²) >= 11 is 0. The molecule has 0 fully saturated rings. The molecule has 4 heteroatoms. The number of hydrogen-bond acceptors (Lipinski definition) is 3. The highest BCUT2D eigenvalue weighted by atomic mass is 16.5. The van der Waals surface area contributed by atoms with Crippen LogP contribution in [0.15, 0.2) is 34.9 Å². The van der Waals surface area contributed by atoms with Crippen LogP contribution in [-0.4, -0.2) is 16.2 Å². The molecule has 1 N–H and O–H groups in total. The van der Waals surface area contributed by atoms with Gasteiger partial charge in [-0.2, -0.15) is 0 Å². The van der Waals surface area contributed by atoms with E-state index in [4.69, 9.17) is 9.63 Å². The molecule has 2 aromatic rings. The highest BCUT2D eigenvalue weighted by Crippen LogP contribution is 2.24. The fraction of sp³-hybridized carbons (Fsp3) is 0.231. The van der Waals surface area contributed by atoms with Crippen LogP contribution in [0.25, 0.3) is 11.3 Å². The van der Waals surface area contributed by atoms with Crippen LogP contribution in [0, 0.1) is 0 Å². The predicted molar refractivity (Wildman–Crippen MR) is 63.0 cm³/mol. The minimum atomic E-state index is -1.08. The molecule has 0 atom stereocenters. The van der Waals surface area contributed by atoms with E-state index in [1.54, 1.807) is 0 Å². The average molecular weight is 231 g/mol. The highest BCUT2D eigenvalue weighted by Gasteiger charge is 2.12. The van der Waals surface area contributed by atoms with Gasteiger partial charge in [-0.25, -0.2) is 4.79 Å². The number of carboxylic acid groups (broad SMARTS) is 1. The fourth-order valence-electron chi connectivity index (χ4n) is 1.56. The summed E-state index contributed by atoms with van der Waals surface area (Å²) in [5.74, 6) is -0.193. The van der Waals surface area contributed by atoms with Crippen molar-refractivity contribution in [3.05, 3.63) is 41.6 Å². The first-order chi connectivity index (χ1) is 8.08. The Kier molecular flexibility index (Phi) is 2.95. The van der Waals surface area contributed by atoms with Gasteiger partial charge in [-0.15, -0.1) is 0 Å². The smallest absolute Gasteiger partial charge is 0.358 e. The van der Waals surface area contributed by atoms with E-state index in [0.29, 0.717) is 11.7 Å². The van der Waals surface area contributed by atoms with E-state index in [1.807, 2.05) is 24.3 Å². The maximum atomic E-state index is 10.7. The molecule has 0 aliphatic carbocycles. The summed E-state index contributed by atoms with van der Waals surface area (Å²) in [6, 6.07) is 9.24. The molecule has 0 saturated heterocycles. The quantitative estimate of drug-likeness (QED) is 0.881. The maximum absolute atomic E-state index is 10.7. The van der Waals surface area contributed by atoms with Crippen LogP contribution in [0.1, 0.15) is 35.8 Å². The molecule has 2 rings (SSSR count). The minimum absolute atomic E-state index is 0.0741. The Morgan fingerprint density at radius 3 is 2.71 bits per heavy atom. The molecule has 0 aliphatic heterocycles. The van der Waals surface area contributed by atoms with Gasteiger partial charge >= 0.3 is 5.97 Å². The molecule has 0 amide bonds. The summed E-state index contributed by atoms with van der Waals surface area (Å²) in [6.07, 6.45) is 0. The fourth-order valence-corrected chi connectivity index (χ4v) is 1.56. The van der Waals surface area contributed by atoms with Crippen LogP contribution in [0.3, 0.4) is 0 Å². The molecule has 4 nitrogen and oxygen atoms in total. The number of carbonyl (C=O) groups is 1. The Bertz CT molecular complexity index is 543. The van der Waals surface area contributed by atoms with Gasteiger partial charge < -0.3 is 9.63 Å². The Morgan fingerprint density at radius 2 is 2.12 bits per heavy atom. The molecular formula is C13H13NO3. The van der Waals surface area contributed by atoms with Crippen molar-refractivity contribution in [1.29, 1.82) is 0 Å². The number of benzene rings is 1. The Balaban J connectivity index is 2.38. The molecule has 0 aliphatic rings. The number of carboxylic acids is 1. The van der Waals surface area contributed by atoms with E-state index < -0.39 is 5.97 Å². The maximum Gasteiger partial charge on any atom is 0.358 e. The molecule has 0 saturated carbocycles. The van der Waals surface area contributed by atoms with Gasteiger partial charge in [0.2, 0.25) is 0 Å². The molecule has 17 heavy (non-hydrogen) atoms. The van der Waals surface area contributed by atoms with Crippen molar-refractivity contribution in [2.75, 3.05) is 0 Å². The van der Waals surface area contributed by atoms with Gasteiger partial charge in [0.1, 0.15) is 0 Å². The highest BCUT2D eigenvalue weighted by molar-refractivity contribution is 5.86. The van der Waals surface area contributed by atoms with E-state index in [-0.39, 0.29) is 5.69 Å². The van der Waals surface area contributed by atoms with Crippen LogP contribution in [0.5, 0.6) is 0 Å². The third kappa shape index (κ3) is 2.36. The zero-order chi connectivity index (χ0) is 12.4. The molecule has 1 aromatic carbocycles. The summed E-state index contributed by atoms with van der Waals surface area (Å²) in [5, 5.41) is 12.3. The second-order valence-corrected chi connectivity index (χ2v) is 4.16. The van der Waals surface area contributed by atoms with Crippen molar-refractivity contribution in [2.24, 2.45) is 0 Å². The third-order valence-electron chi connectivity index (χ3n) is 2.57. The van der Waals surface area contributed by atoms with Crippen molar-refractivity contribution in [1.82, 2.24) is 5.16 Å². The largest absolute Gasteiger partial charge is 0.476 e. The first kappa shape index (κ1) is 11.4. The Morgan fingerprint density at radius 1 is 1.35 bits per heavy atom. The minimum Gasteiger partial charge on any atom is -0.476 e. The molecule has 0 bridgehead atoms. The lowest BCUT2D eigenvalue weighted by molar-refractivity contribution is 0.0686. The summed E-state index contributed by atoms with van der Waals surface area (Å²) in [4.78, 5) is 10.7. The zero-order valence-corrected chi connectivity index (χ0v) is 9.68. The number of aromatic carboxylic acids is 1. The first-order valence-electron chi connectivity index (χ1n) is 5.38. The van der Waals surface area contributed by atoms with Gasteiger partial charge in [-0.3, -0.25) is 0 Å². The van der Waals surface area contributed by atoms with E-state index >= 15 is 0 Å². The lowest BCUT2D eigenvalue weighted by atomic mass is 10.00. The molecule has 0 unspecified atom stereocenters. The average Bonchev–Trinajstić information content (AvgIpc) is 2.78. The lowest BCUT2D eigenvalue weighted by Crippen LogP contribution is -1.94. The van der Waals surface area contributed by atoms with Crippen molar-refractivity contribution >= 4 is 5.97 Å².